The van der Waals surface area contributed by atoms with Gasteiger partial charge in [-0.25, -0.2) is 0 Å². The molecule has 1 aliphatic rings. The van der Waals surface area contributed by atoms with Gasteiger partial charge in [-0.1, -0.05) is 19.1 Å². The summed E-state index contributed by atoms with van der Waals surface area (Å²) >= 11 is 0. The first-order valence-corrected chi connectivity index (χ1v) is 8.14. The highest BCUT2D eigenvalue weighted by Gasteiger charge is 2.28. The summed E-state index contributed by atoms with van der Waals surface area (Å²) < 4.78 is 5.21. The number of amides is 1. The molecule has 1 amide bonds. The fraction of sp³-hybridized carbons (Fsp3) is 0.611. The van der Waals surface area contributed by atoms with E-state index in [1.165, 1.54) is 5.56 Å². The topological polar surface area (TPSA) is 41.6 Å². The molecule has 1 aromatic carbocycles. The number of ether oxygens (including phenoxy) is 1. The van der Waals surface area contributed by atoms with Gasteiger partial charge < -0.3 is 10.1 Å². The molecule has 1 heterocycles. The number of carbonyl (C=O) groups excluding carboxylic acids is 1. The minimum Gasteiger partial charge on any atom is -0.497 e. The first kappa shape index (κ1) is 16.8. The minimum absolute atomic E-state index is 0.118. The number of hydrogen-bond acceptors (Lipinski definition) is 3. The lowest BCUT2D eigenvalue weighted by Crippen LogP contribution is -2.47. The fourth-order valence-corrected chi connectivity index (χ4v) is 2.91. The molecule has 0 aromatic heterocycles. The Labute approximate surface area is 133 Å². The number of rotatable bonds is 6. The highest BCUT2D eigenvalue weighted by molar-refractivity contribution is 5.78. The SMILES string of the molecule is CCC(C)(C)NC(=O)CN1CCCC1c1ccc(OC)cc1. The van der Waals surface area contributed by atoms with Gasteiger partial charge in [0.2, 0.25) is 5.91 Å². The van der Waals surface area contributed by atoms with Crippen molar-refractivity contribution < 1.29 is 9.53 Å². The van der Waals surface area contributed by atoms with Crippen molar-refractivity contribution >= 4 is 5.91 Å². The van der Waals surface area contributed by atoms with Gasteiger partial charge >= 0.3 is 0 Å². The van der Waals surface area contributed by atoms with E-state index in [1.54, 1.807) is 7.11 Å². The predicted molar refractivity (Wildman–Crippen MR) is 89.1 cm³/mol. The third-order valence-electron chi connectivity index (χ3n) is 4.57. The summed E-state index contributed by atoms with van der Waals surface area (Å²) in [5.41, 5.74) is 1.13. The van der Waals surface area contributed by atoms with Gasteiger partial charge in [-0.05, 0) is 57.4 Å². The van der Waals surface area contributed by atoms with Crippen LogP contribution in [0.5, 0.6) is 5.75 Å². The monoisotopic (exact) mass is 304 g/mol. The lowest BCUT2D eigenvalue weighted by atomic mass is 10.0. The largest absolute Gasteiger partial charge is 0.497 e. The van der Waals surface area contributed by atoms with Crippen LogP contribution in [0.4, 0.5) is 0 Å². The summed E-state index contributed by atoms with van der Waals surface area (Å²) in [6.07, 6.45) is 3.18. The van der Waals surface area contributed by atoms with Crippen LogP contribution in [-0.4, -0.2) is 36.5 Å². The van der Waals surface area contributed by atoms with Crippen molar-refractivity contribution in [2.45, 2.75) is 51.6 Å². The van der Waals surface area contributed by atoms with E-state index in [4.69, 9.17) is 4.74 Å². The lowest BCUT2D eigenvalue weighted by Gasteiger charge is -2.28. The number of carbonyl (C=O) groups is 1. The Hall–Kier alpha value is -1.55. The number of hydrogen-bond donors (Lipinski definition) is 1. The number of nitrogens with zero attached hydrogens (tertiary/aromatic N) is 1. The van der Waals surface area contributed by atoms with E-state index in [9.17, 15) is 4.79 Å². The fourth-order valence-electron chi connectivity index (χ4n) is 2.91. The van der Waals surface area contributed by atoms with E-state index in [1.807, 2.05) is 12.1 Å². The molecule has 0 radical (unpaired) electrons. The molecule has 0 spiro atoms. The van der Waals surface area contributed by atoms with Gasteiger partial charge in [0.25, 0.3) is 0 Å². The summed E-state index contributed by atoms with van der Waals surface area (Å²) in [6, 6.07) is 8.53. The van der Waals surface area contributed by atoms with Crippen LogP contribution in [0.1, 0.15) is 51.6 Å². The molecule has 2 rings (SSSR count). The molecular formula is C18H28N2O2. The van der Waals surface area contributed by atoms with Gasteiger partial charge in [0.05, 0.1) is 13.7 Å². The zero-order chi connectivity index (χ0) is 16.2. The Morgan fingerprint density at radius 2 is 2.05 bits per heavy atom. The van der Waals surface area contributed by atoms with Gasteiger partial charge in [0.1, 0.15) is 5.75 Å². The minimum atomic E-state index is -0.133. The molecular weight excluding hydrogens is 276 g/mol. The molecule has 1 saturated heterocycles. The highest BCUT2D eigenvalue weighted by Crippen LogP contribution is 2.32. The Kier molecular flexibility index (Phi) is 5.46. The maximum atomic E-state index is 12.3. The van der Waals surface area contributed by atoms with Gasteiger partial charge in [0.15, 0.2) is 0 Å². The molecule has 0 bridgehead atoms. The normalized spacial score (nSPS) is 19.2. The van der Waals surface area contributed by atoms with Crippen molar-refractivity contribution in [2.75, 3.05) is 20.2 Å². The molecule has 1 aliphatic heterocycles. The quantitative estimate of drug-likeness (QED) is 0.878. The predicted octanol–water partition coefficient (Wildman–Crippen LogP) is 3.14. The van der Waals surface area contributed by atoms with Crippen molar-refractivity contribution in [1.82, 2.24) is 10.2 Å². The van der Waals surface area contributed by atoms with E-state index < -0.39 is 0 Å². The molecule has 0 aliphatic carbocycles. The van der Waals surface area contributed by atoms with Crippen molar-refractivity contribution in [1.29, 1.82) is 0 Å². The number of benzene rings is 1. The summed E-state index contributed by atoms with van der Waals surface area (Å²) in [5, 5.41) is 3.12. The smallest absolute Gasteiger partial charge is 0.234 e. The zero-order valence-electron chi connectivity index (χ0n) is 14.2. The lowest BCUT2D eigenvalue weighted by molar-refractivity contribution is -0.124. The molecule has 1 fully saturated rings. The third-order valence-corrected chi connectivity index (χ3v) is 4.57. The third kappa shape index (κ3) is 4.23. The second kappa shape index (κ2) is 7.14. The van der Waals surface area contributed by atoms with Crippen LogP contribution in [0.2, 0.25) is 0 Å². The molecule has 1 atom stereocenters. The van der Waals surface area contributed by atoms with Gasteiger partial charge in [-0.2, -0.15) is 0 Å². The molecule has 1 aromatic rings. The maximum absolute atomic E-state index is 12.3. The summed E-state index contributed by atoms with van der Waals surface area (Å²) in [6.45, 7) is 7.68. The number of methoxy groups -OCH3 is 1. The van der Waals surface area contributed by atoms with E-state index >= 15 is 0 Å². The first-order chi connectivity index (χ1) is 10.4. The van der Waals surface area contributed by atoms with Crippen molar-refractivity contribution in [3.05, 3.63) is 29.8 Å². The van der Waals surface area contributed by atoms with Crippen LogP contribution in [0.3, 0.4) is 0 Å². The average molecular weight is 304 g/mol. The number of nitrogens with one attached hydrogen (secondary N) is 1. The molecule has 122 valence electrons. The average Bonchev–Trinajstić information content (AvgIpc) is 2.94. The molecule has 4 heteroatoms. The molecule has 1 N–H and O–H groups in total. The van der Waals surface area contributed by atoms with E-state index in [0.717, 1.165) is 31.6 Å². The van der Waals surface area contributed by atoms with Crippen LogP contribution < -0.4 is 10.1 Å². The molecule has 0 saturated carbocycles. The van der Waals surface area contributed by atoms with Crippen molar-refractivity contribution in [3.8, 4) is 5.75 Å². The summed E-state index contributed by atoms with van der Waals surface area (Å²) in [7, 11) is 1.68. The maximum Gasteiger partial charge on any atom is 0.234 e. The van der Waals surface area contributed by atoms with E-state index in [2.05, 4.69) is 43.1 Å². The second-order valence-electron chi connectivity index (χ2n) is 6.69. The Balaban J connectivity index is 1.99. The second-order valence-corrected chi connectivity index (χ2v) is 6.69. The van der Waals surface area contributed by atoms with Crippen LogP contribution in [-0.2, 0) is 4.79 Å². The Morgan fingerprint density at radius 1 is 1.36 bits per heavy atom. The Bertz CT molecular complexity index is 496. The van der Waals surface area contributed by atoms with Crippen molar-refractivity contribution in [2.24, 2.45) is 0 Å². The highest BCUT2D eigenvalue weighted by atomic mass is 16.5. The van der Waals surface area contributed by atoms with Gasteiger partial charge in [0, 0.05) is 11.6 Å². The van der Waals surface area contributed by atoms with Crippen LogP contribution in [0, 0.1) is 0 Å². The Morgan fingerprint density at radius 3 is 2.64 bits per heavy atom. The standard InChI is InChI=1S/C18H28N2O2/c1-5-18(2,3)19-17(21)13-20-12-6-7-16(20)14-8-10-15(22-4)11-9-14/h8-11,16H,5-7,12-13H2,1-4H3,(H,19,21). The van der Waals surface area contributed by atoms with E-state index in [-0.39, 0.29) is 11.4 Å². The molecule has 4 nitrogen and oxygen atoms in total. The van der Waals surface area contributed by atoms with Gasteiger partial charge in [-0.3, -0.25) is 9.69 Å². The van der Waals surface area contributed by atoms with Crippen LogP contribution in [0.15, 0.2) is 24.3 Å². The summed E-state index contributed by atoms with van der Waals surface area (Å²) in [4.78, 5) is 14.6. The van der Waals surface area contributed by atoms with Gasteiger partial charge in [-0.15, -0.1) is 0 Å². The van der Waals surface area contributed by atoms with Crippen LogP contribution in [0.25, 0.3) is 0 Å². The molecule has 1 unspecified atom stereocenters. The number of likely N-dealkylation sites (tertiary alicyclic amines) is 1. The zero-order valence-corrected chi connectivity index (χ0v) is 14.2. The first-order valence-electron chi connectivity index (χ1n) is 8.14. The van der Waals surface area contributed by atoms with Crippen molar-refractivity contribution in [3.63, 3.8) is 0 Å². The molecule has 22 heavy (non-hydrogen) atoms. The van der Waals surface area contributed by atoms with E-state index in [0.29, 0.717) is 12.6 Å². The summed E-state index contributed by atoms with van der Waals surface area (Å²) in [5.74, 6) is 0.989. The van der Waals surface area contributed by atoms with Crippen LogP contribution >= 0.6 is 0 Å².